The van der Waals surface area contributed by atoms with Gasteiger partial charge in [-0.3, -0.25) is 19.3 Å². The first-order valence-electron chi connectivity index (χ1n) is 10.8. The van der Waals surface area contributed by atoms with Crippen molar-refractivity contribution in [3.8, 4) is 0 Å². The molecule has 1 saturated carbocycles. The molecule has 2 fully saturated rings. The van der Waals surface area contributed by atoms with E-state index in [0.717, 1.165) is 35.4 Å². The van der Waals surface area contributed by atoms with E-state index in [9.17, 15) is 19.2 Å². The third kappa shape index (κ3) is 3.47. The molecule has 0 bridgehead atoms. The molecule has 0 spiro atoms. The Balaban J connectivity index is 1.47. The summed E-state index contributed by atoms with van der Waals surface area (Å²) >= 11 is 0. The van der Waals surface area contributed by atoms with Gasteiger partial charge >= 0.3 is 17.8 Å². The second-order valence-electron chi connectivity index (χ2n) is 8.09. The van der Waals surface area contributed by atoms with E-state index in [4.69, 9.17) is 8.83 Å². The molecule has 2 aromatic rings. The minimum absolute atomic E-state index is 0.0537. The predicted octanol–water partition coefficient (Wildman–Crippen LogP) is 2.81. The SMILES string of the molecule is CCN1C(=O)C(=O)N(CC(=O)N2N=C3C(=Cc4ccco4)CCCC3C2c2ccco2)C1=O. The lowest BCUT2D eigenvalue weighted by molar-refractivity contribution is -0.145. The van der Waals surface area contributed by atoms with E-state index in [0.29, 0.717) is 16.4 Å². The van der Waals surface area contributed by atoms with Gasteiger partial charge in [-0.25, -0.2) is 14.7 Å². The first kappa shape index (κ1) is 20.9. The summed E-state index contributed by atoms with van der Waals surface area (Å²) < 4.78 is 11.1. The molecular weight excluding hydrogens is 428 g/mol. The van der Waals surface area contributed by atoms with E-state index >= 15 is 0 Å². The first-order valence-corrected chi connectivity index (χ1v) is 10.8. The summed E-state index contributed by atoms with van der Waals surface area (Å²) in [4.78, 5) is 51.6. The van der Waals surface area contributed by atoms with Crippen LogP contribution >= 0.6 is 0 Å². The maximum atomic E-state index is 13.3. The van der Waals surface area contributed by atoms with Gasteiger partial charge in [0.05, 0.1) is 18.2 Å². The van der Waals surface area contributed by atoms with Crippen LogP contribution in [0.4, 0.5) is 4.79 Å². The van der Waals surface area contributed by atoms with Crippen molar-refractivity contribution in [2.45, 2.75) is 32.2 Å². The van der Waals surface area contributed by atoms with E-state index < -0.39 is 36.3 Å². The molecule has 1 saturated heterocycles. The van der Waals surface area contributed by atoms with Gasteiger partial charge < -0.3 is 8.83 Å². The van der Waals surface area contributed by atoms with Gasteiger partial charge in [0.1, 0.15) is 24.1 Å². The second kappa shape index (κ2) is 8.19. The molecule has 2 atom stereocenters. The number of rotatable bonds is 5. The van der Waals surface area contributed by atoms with Crippen LogP contribution in [-0.4, -0.2) is 57.4 Å². The Kier molecular flexibility index (Phi) is 5.20. The molecule has 5 amide bonds. The molecule has 2 aromatic heterocycles. The summed E-state index contributed by atoms with van der Waals surface area (Å²) in [5, 5.41) is 5.93. The minimum atomic E-state index is -1.01. The van der Waals surface area contributed by atoms with Crippen LogP contribution in [-0.2, 0) is 14.4 Å². The lowest BCUT2D eigenvalue weighted by atomic mass is 9.79. The van der Waals surface area contributed by atoms with Gasteiger partial charge in [-0.1, -0.05) is 0 Å². The number of carbonyl (C=O) groups is 4. The van der Waals surface area contributed by atoms with Crippen molar-refractivity contribution in [1.82, 2.24) is 14.8 Å². The van der Waals surface area contributed by atoms with E-state index in [1.807, 2.05) is 12.1 Å². The summed E-state index contributed by atoms with van der Waals surface area (Å²) in [5.41, 5.74) is 1.73. The summed E-state index contributed by atoms with van der Waals surface area (Å²) in [7, 11) is 0. The third-order valence-corrected chi connectivity index (χ3v) is 6.20. The largest absolute Gasteiger partial charge is 0.467 e. The number of urea groups is 1. The molecule has 2 aliphatic heterocycles. The number of furan rings is 2. The molecule has 0 aromatic carbocycles. The Labute approximate surface area is 189 Å². The van der Waals surface area contributed by atoms with Crippen LogP contribution in [0.25, 0.3) is 6.08 Å². The molecule has 3 aliphatic rings. The van der Waals surface area contributed by atoms with Crippen molar-refractivity contribution in [3.05, 3.63) is 53.9 Å². The standard InChI is InChI=1S/C23H22N4O6/c1-2-25-21(29)22(30)26(23(25)31)13-18(28)27-20(17-9-5-11-33-17)16-8-3-6-14(19(16)24-27)12-15-7-4-10-32-15/h4-5,7,9-12,16,20H,2-3,6,8,13H2,1H3. The molecule has 4 heterocycles. The number of imide groups is 2. The quantitative estimate of drug-likeness (QED) is 0.511. The van der Waals surface area contributed by atoms with E-state index in [1.54, 1.807) is 31.4 Å². The average molecular weight is 450 g/mol. The topological polar surface area (TPSA) is 117 Å². The monoisotopic (exact) mass is 450 g/mol. The van der Waals surface area contributed by atoms with Gasteiger partial charge in [-0.2, -0.15) is 5.10 Å². The van der Waals surface area contributed by atoms with Gasteiger partial charge in [-0.05, 0) is 62.1 Å². The van der Waals surface area contributed by atoms with Crippen LogP contribution in [0, 0.1) is 5.92 Å². The Morgan fingerprint density at radius 3 is 2.55 bits per heavy atom. The van der Waals surface area contributed by atoms with Crippen molar-refractivity contribution >= 4 is 35.5 Å². The van der Waals surface area contributed by atoms with Crippen LogP contribution < -0.4 is 0 Å². The van der Waals surface area contributed by atoms with E-state index in [1.165, 1.54) is 11.3 Å². The molecular formula is C23H22N4O6. The van der Waals surface area contributed by atoms with Crippen LogP contribution in [0.3, 0.4) is 0 Å². The molecule has 0 N–H and O–H groups in total. The highest BCUT2D eigenvalue weighted by molar-refractivity contribution is 6.45. The maximum Gasteiger partial charge on any atom is 0.334 e. The first-order chi connectivity index (χ1) is 16.0. The Morgan fingerprint density at radius 1 is 1.12 bits per heavy atom. The molecule has 10 nitrogen and oxygen atoms in total. The van der Waals surface area contributed by atoms with Crippen molar-refractivity contribution in [2.24, 2.45) is 11.0 Å². The number of allylic oxidation sites excluding steroid dienone is 1. The van der Waals surface area contributed by atoms with Crippen LogP contribution in [0.5, 0.6) is 0 Å². The number of amides is 5. The van der Waals surface area contributed by atoms with Crippen molar-refractivity contribution in [1.29, 1.82) is 0 Å². The molecule has 1 aliphatic carbocycles. The van der Waals surface area contributed by atoms with E-state index in [-0.39, 0.29) is 12.5 Å². The molecule has 33 heavy (non-hydrogen) atoms. The molecule has 170 valence electrons. The average Bonchev–Trinajstić information content (AvgIpc) is 3.59. The Morgan fingerprint density at radius 2 is 1.88 bits per heavy atom. The summed E-state index contributed by atoms with van der Waals surface area (Å²) in [6.45, 7) is 1.07. The van der Waals surface area contributed by atoms with Crippen LogP contribution in [0.1, 0.15) is 43.7 Å². The highest BCUT2D eigenvalue weighted by Gasteiger charge is 2.48. The van der Waals surface area contributed by atoms with Gasteiger partial charge in [0.2, 0.25) is 0 Å². The fraction of sp³-hybridized carbons (Fsp3) is 0.348. The number of hydrazone groups is 1. The fourth-order valence-corrected chi connectivity index (χ4v) is 4.67. The lowest BCUT2D eigenvalue weighted by Crippen LogP contribution is -2.42. The number of likely N-dealkylation sites (N-methyl/N-ethyl adjacent to an activating group) is 1. The second-order valence-corrected chi connectivity index (χ2v) is 8.09. The van der Waals surface area contributed by atoms with Gasteiger partial charge in [-0.15, -0.1) is 0 Å². The number of hydrogen-bond donors (Lipinski definition) is 0. The zero-order valence-corrected chi connectivity index (χ0v) is 18.0. The number of hydrogen-bond acceptors (Lipinski definition) is 7. The van der Waals surface area contributed by atoms with Crippen molar-refractivity contribution in [2.75, 3.05) is 13.1 Å². The third-order valence-electron chi connectivity index (χ3n) is 6.20. The maximum absolute atomic E-state index is 13.3. The zero-order valence-electron chi connectivity index (χ0n) is 18.0. The summed E-state index contributed by atoms with van der Waals surface area (Å²) in [5.74, 6) is -1.34. The zero-order chi connectivity index (χ0) is 23.1. The molecule has 10 heteroatoms. The van der Waals surface area contributed by atoms with Crippen molar-refractivity contribution in [3.63, 3.8) is 0 Å². The predicted molar refractivity (Wildman–Crippen MR) is 114 cm³/mol. The van der Waals surface area contributed by atoms with E-state index in [2.05, 4.69) is 5.10 Å². The normalized spacial score (nSPS) is 24.2. The summed E-state index contributed by atoms with van der Waals surface area (Å²) in [6.07, 6.45) is 7.53. The Hall–Kier alpha value is -3.95. The molecule has 2 unspecified atom stereocenters. The van der Waals surface area contributed by atoms with Gasteiger partial charge in [0.25, 0.3) is 5.91 Å². The van der Waals surface area contributed by atoms with Crippen LogP contribution in [0.2, 0.25) is 0 Å². The molecule has 0 radical (unpaired) electrons. The number of fused-ring (bicyclic) bond motifs is 1. The lowest BCUT2D eigenvalue weighted by Gasteiger charge is -2.28. The van der Waals surface area contributed by atoms with Gasteiger partial charge in [0.15, 0.2) is 0 Å². The smallest absolute Gasteiger partial charge is 0.334 e. The fourth-order valence-electron chi connectivity index (χ4n) is 4.67. The number of nitrogens with zero attached hydrogens (tertiary/aromatic N) is 4. The Bertz CT molecular complexity index is 1160. The summed E-state index contributed by atoms with van der Waals surface area (Å²) in [6, 6.07) is 5.87. The van der Waals surface area contributed by atoms with Crippen molar-refractivity contribution < 1.29 is 28.0 Å². The van der Waals surface area contributed by atoms with Crippen LogP contribution in [0.15, 0.2) is 56.3 Å². The molecule has 5 rings (SSSR count). The number of carbonyl (C=O) groups excluding carboxylic acids is 4. The van der Waals surface area contributed by atoms with Gasteiger partial charge in [0, 0.05) is 12.5 Å². The minimum Gasteiger partial charge on any atom is -0.467 e. The highest BCUT2D eigenvalue weighted by Crippen LogP contribution is 2.44. The highest BCUT2D eigenvalue weighted by atomic mass is 16.3.